The number of hydrogen-bond donors (Lipinski definition) is 2. The van der Waals surface area contributed by atoms with E-state index in [1.807, 2.05) is 49.1 Å². The molecule has 3 atom stereocenters. The molecule has 2 N–H and O–H groups in total. The molecule has 1 aliphatic rings. The third-order valence-corrected chi connectivity index (χ3v) is 8.96. The lowest BCUT2D eigenvalue weighted by Gasteiger charge is -2.32. The molecule has 1 amide bonds. The van der Waals surface area contributed by atoms with Crippen molar-refractivity contribution in [2.45, 2.75) is 49.8 Å². The average Bonchev–Trinajstić information content (AvgIpc) is 3.50. The topological polar surface area (TPSA) is 118 Å². The lowest BCUT2D eigenvalue weighted by atomic mass is 10.0. The summed E-state index contributed by atoms with van der Waals surface area (Å²) >= 11 is 0. The van der Waals surface area contributed by atoms with E-state index in [9.17, 15) is 18.3 Å². The molecule has 2 aromatic rings. The number of nitrogens with zero attached hydrogens (tertiary/aromatic N) is 2. The maximum absolute atomic E-state index is 13.7. The van der Waals surface area contributed by atoms with E-state index in [2.05, 4.69) is 5.32 Å². The minimum atomic E-state index is -3.92. The van der Waals surface area contributed by atoms with E-state index in [-0.39, 0.29) is 42.4 Å². The van der Waals surface area contributed by atoms with Crippen LogP contribution in [0.3, 0.4) is 0 Å². The van der Waals surface area contributed by atoms with Gasteiger partial charge in [0.1, 0.15) is 5.75 Å². The number of aliphatic hydroxyl groups is 1. The monoisotopic (exact) mass is 591 g/mol. The number of nitrogens with one attached hydrogen (secondary N) is 1. The standard InChI is InChI=1S/C30H45N3O7S/c1-23(2)19-33(41(36,37)27-12-10-26(39-4)11-13-27)20-29(34)28(18-24-8-6-5-7-9-24)31-30(35)21-32(15-17-38-3)25-14-16-40-22-25/h5-13,23,25,28-29,34H,14-22H2,1-4H3,(H,31,35)/t25-,28+,29-/m1/s1. The second kappa shape index (κ2) is 16.2. The Hall–Kier alpha value is -2.54. The lowest BCUT2D eigenvalue weighted by Crippen LogP contribution is -2.53. The number of sulfonamides is 1. The molecule has 3 rings (SSSR count). The van der Waals surface area contributed by atoms with Gasteiger partial charge in [-0.15, -0.1) is 0 Å². The van der Waals surface area contributed by atoms with Gasteiger partial charge in [-0.1, -0.05) is 44.2 Å². The molecule has 0 aliphatic carbocycles. The molecule has 11 heteroatoms. The fourth-order valence-electron chi connectivity index (χ4n) is 4.91. The molecule has 41 heavy (non-hydrogen) atoms. The van der Waals surface area contributed by atoms with Gasteiger partial charge >= 0.3 is 0 Å². The molecule has 1 aliphatic heterocycles. The first-order chi connectivity index (χ1) is 19.6. The van der Waals surface area contributed by atoms with Crippen LogP contribution in [-0.2, 0) is 30.7 Å². The van der Waals surface area contributed by atoms with Gasteiger partial charge in [0.2, 0.25) is 15.9 Å². The summed E-state index contributed by atoms with van der Waals surface area (Å²) in [6.07, 6.45) is 0.0184. The van der Waals surface area contributed by atoms with E-state index >= 15 is 0 Å². The lowest BCUT2D eigenvalue weighted by molar-refractivity contribution is -0.124. The van der Waals surface area contributed by atoms with Crippen LogP contribution in [0.2, 0.25) is 0 Å². The minimum absolute atomic E-state index is 0.0142. The van der Waals surface area contributed by atoms with Crippen molar-refractivity contribution in [2.24, 2.45) is 5.92 Å². The van der Waals surface area contributed by atoms with Crippen molar-refractivity contribution in [3.8, 4) is 5.75 Å². The summed E-state index contributed by atoms with van der Waals surface area (Å²) in [7, 11) is -0.780. The van der Waals surface area contributed by atoms with E-state index in [0.717, 1.165) is 12.0 Å². The summed E-state index contributed by atoms with van der Waals surface area (Å²) < 4.78 is 44.6. The quantitative estimate of drug-likeness (QED) is 0.288. The van der Waals surface area contributed by atoms with Crippen LogP contribution in [0.5, 0.6) is 5.75 Å². The van der Waals surface area contributed by atoms with Crippen LogP contribution < -0.4 is 10.1 Å². The van der Waals surface area contributed by atoms with Crippen LogP contribution in [0.4, 0.5) is 0 Å². The first kappa shape index (κ1) is 33.0. The fourth-order valence-corrected chi connectivity index (χ4v) is 6.53. The number of amides is 1. The van der Waals surface area contributed by atoms with Gasteiger partial charge in [-0.25, -0.2) is 8.42 Å². The summed E-state index contributed by atoms with van der Waals surface area (Å²) in [5.41, 5.74) is 0.922. The van der Waals surface area contributed by atoms with Crippen molar-refractivity contribution < 1.29 is 32.5 Å². The molecule has 0 unspecified atom stereocenters. The number of rotatable bonds is 17. The number of methoxy groups -OCH3 is 2. The Balaban J connectivity index is 1.81. The predicted molar refractivity (Wildman–Crippen MR) is 157 cm³/mol. The van der Waals surface area contributed by atoms with Crippen LogP contribution in [0.15, 0.2) is 59.5 Å². The van der Waals surface area contributed by atoms with Crippen molar-refractivity contribution in [2.75, 3.05) is 60.2 Å². The Bertz CT molecular complexity index is 1160. The molecule has 2 aromatic carbocycles. The summed E-state index contributed by atoms with van der Waals surface area (Å²) in [5, 5.41) is 14.5. The second-order valence-electron chi connectivity index (χ2n) is 10.8. The van der Waals surface area contributed by atoms with Crippen LogP contribution >= 0.6 is 0 Å². The van der Waals surface area contributed by atoms with Crippen molar-refractivity contribution >= 4 is 15.9 Å². The van der Waals surface area contributed by atoms with Gasteiger partial charge in [0.25, 0.3) is 0 Å². The Morgan fingerprint density at radius 2 is 1.80 bits per heavy atom. The Labute approximate surface area is 244 Å². The molecule has 0 spiro atoms. The number of ether oxygens (including phenoxy) is 3. The third-order valence-electron chi connectivity index (χ3n) is 7.12. The first-order valence-corrected chi connectivity index (χ1v) is 15.5. The summed E-state index contributed by atoms with van der Waals surface area (Å²) in [5.74, 6) is 0.315. The normalized spacial score (nSPS) is 17.2. The van der Waals surface area contributed by atoms with E-state index < -0.39 is 22.2 Å². The predicted octanol–water partition coefficient (Wildman–Crippen LogP) is 2.17. The highest BCUT2D eigenvalue weighted by Gasteiger charge is 2.32. The van der Waals surface area contributed by atoms with Gasteiger partial charge in [-0.2, -0.15) is 4.31 Å². The highest BCUT2D eigenvalue weighted by atomic mass is 32.2. The maximum atomic E-state index is 13.7. The van der Waals surface area contributed by atoms with Gasteiger partial charge < -0.3 is 24.6 Å². The maximum Gasteiger partial charge on any atom is 0.243 e. The molecule has 1 heterocycles. The van der Waals surface area contributed by atoms with Gasteiger partial charge in [-0.3, -0.25) is 9.69 Å². The number of aliphatic hydroxyl groups excluding tert-OH is 1. The van der Waals surface area contributed by atoms with E-state index in [1.54, 1.807) is 19.2 Å². The number of carbonyl (C=O) groups excluding carboxylic acids is 1. The fraction of sp³-hybridized carbons (Fsp3) is 0.567. The Morgan fingerprint density at radius 3 is 2.39 bits per heavy atom. The first-order valence-electron chi connectivity index (χ1n) is 14.1. The minimum Gasteiger partial charge on any atom is -0.497 e. The molecule has 10 nitrogen and oxygen atoms in total. The highest BCUT2D eigenvalue weighted by molar-refractivity contribution is 7.89. The van der Waals surface area contributed by atoms with Crippen LogP contribution in [0.25, 0.3) is 0 Å². The molecule has 228 valence electrons. The van der Waals surface area contributed by atoms with Crippen molar-refractivity contribution in [1.29, 1.82) is 0 Å². The smallest absolute Gasteiger partial charge is 0.243 e. The SMILES string of the molecule is COCCN(CC(=O)N[C@@H](Cc1ccccc1)[C@H](O)CN(CC(C)C)S(=O)(=O)c1ccc(OC)cc1)[C@@H]1CCOC1. The molecule has 0 bridgehead atoms. The zero-order chi connectivity index (χ0) is 29.8. The number of benzene rings is 2. The summed E-state index contributed by atoms with van der Waals surface area (Å²) in [4.78, 5) is 15.5. The van der Waals surface area contributed by atoms with Crippen LogP contribution in [-0.4, -0.2) is 107 Å². The van der Waals surface area contributed by atoms with Crippen molar-refractivity contribution in [3.05, 3.63) is 60.2 Å². The van der Waals surface area contributed by atoms with Crippen molar-refractivity contribution in [1.82, 2.24) is 14.5 Å². The summed E-state index contributed by atoms with van der Waals surface area (Å²) in [6, 6.07) is 15.1. The van der Waals surface area contributed by atoms with Gasteiger partial charge in [0.05, 0.1) is 43.9 Å². The molecule has 1 fully saturated rings. The van der Waals surface area contributed by atoms with E-state index in [4.69, 9.17) is 14.2 Å². The third kappa shape index (κ3) is 10.1. The highest BCUT2D eigenvalue weighted by Crippen LogP contribution is 2.22. The van der Waals surface area contributed by atoms with E-state index in [1.165, 1.54) is 23.5 Å². The number of hydrogen-bond acceptors (Lipinski definition) is 8. The molecule has 0 radical (unpaired) electrons. The average molecular weight is 592 g/mol. The largest absolute Gasteiger partial charge is 0.497 e. The zero-order valence-electron chi connectivity index (χ0n) is 24.6. The second-order valence-corrected chi connectivity index (χ2v) is 12.7. The van der Waals surface area contributed by atoms with E-state index in [0.29, 0.717) is 38.5 Å². The number of carbonyl (C=O) groups is 1. The van der Waals surface area contributed by atoms with Gasteiger partial charge in [0.15, 0.2) is 0 Å². The van der Waals surface area contributed by atoms with Gasteiger partial charge in [0, 0.05) is 39.4 Å². The molecular formula is C30H45N3O7S. The molecule has 0 saturated carbocycles. The van der Waals surface area contributed by atoms with Gasteiger partial charge in [-0.05, 0) is 48.6 Å². The summed E-state index contributed by atoms with van der Waals surface area (Å²) in [6.45, 7) is 6.27. The van der Waals surface area contributed by atoms with Crippen LogP contribution in [0.1, 0.15) is 25.8 Å². The van der Waals surface area contributed by atoms with Crippen LogP contribution in [0, 0.1) is 5.92 Å². The molecule has 1 saturated heterocycles. The Morgan fingerprint density at radius 1 is 1.10 bits per heavy atom. The molecule has 0 aromatic heterocycles. The molecular weight excluding hydrogens is 546 g/mol. The zero-order valence-corrected chi connectivity index (χ0v) is 25.4. The Kier molecular flexibility index (Phi) is 13.0. The van der Waals surface area contributed by atoms with Crippen molar-refractivity contribution in [3.63, 3.8) is 0 Å².